The summed E-state index contributed by atoms with van der Waals surface area (Å²) in [6.45, 7) is 3.69. The van der Waals surface area contributed by atoms with Crippen molar-refractivity contribution in [1.29, 1.82) is 0 Å². The Labute approximate surface area is 151 Å². The molecule has 0 bridgehead atoms. The average molecular weight is 358 g/mol. The third-order valence-corrected chi connectivity index (χ3v) is 3.63. The summed E-state index contributed by atoms with van der Waals surface area (Å²) in [5, 5.41) is 5.19. The number of likely N-dealkylation sites (N-methyl/N-ethyl adjacent to an activating group) is 1. The molecule has 1 aromatic heterocycles. The first kappa shape index (κ1) is 19.2. The number of nitrogens with one attached hydrogen (secondary N) is 2. The number of ether oxygens (including phenoxy) is 1. The molecule has 26 heavy (non-hydrogen) atoms. The zero-order valence-corrected chi connectivity index (χ0v) is 14.7. The van der Waals surface area contributed by atoms with E-state index in [2.05, 4.69) is 10.6 Å². The summed E-state index contributed by atoms with van der Waals surface area (Å²) in [6.07, 6.45) is 0.645. The lowest BCUT2D eigenvalue weighted by molar-refractivity contribution is -0.156. The van der Waals surface area contributed by atoms with Crippen molar-refractivity contribution in [3.8, 4) is 0 Å². The smallest absolute Gasteiger partial charge is 0.329 e. The number of esters is 1. The fraction of sp³-hybridized carbons (Fsp3) is 0.316. The molecule has 138 valence electrons. The van der Waals surface area contributed by atoms with E-state index < -0.39 is 29.9 Å². The molecule has 0 unspecified atom stereocenters. The average Bonchev–Trinajstić information content (AvgIpc) is 3.17. The second-order valence-electron chi connectivity index (χ2n) is 5.67. The molecular weight excluding hydrogens is 336 g/mol. The predicted octanol–water partition coefficient (Wildman–Crippen LogP) is 1.69. The number of rotatable bonds is 8. The van der Waals surface area contributed by atoms with E-state index in [9.17, 15) is 14.4 Å². The van der Waals surface area contributed by atoms with E-state index in [-0.39, 0.29) is 12.2 Å². The minimum Gasteiger partial charge on any atom is -0.459 e. The molecule has 1 aromatic carbocycles. The van der Waals surface area contributed by atoms with Gasteiger partial charge in [0.05, 0.1) is 6.26 Å². The quantitative estimate of drug-likeness (QED) is 0.700. The molecule has 1 heterocycles. The Morgan fingerprint density at radius 1 is 1.12 bits per heavy atom. The Morgan fingerprint density at radius 2 is 1.85 bits per heavy atom. The van der Waals surface area contributed by atoms with Gasteiger partial charge >= 0.3 is 5.97 Å². The van der Waals surface area contributed by atoms with Gasteiger partial charge in [-0.15, -0.1) is 0 Å². The third-order valence-electron chi connectivity index (χ3n) is 3.63. The van der Waals surface area contributed by atoms with E-state index in [4.69, 9.17) is 9.15 Å². The zero-order chi connectivity index (χ0) is 18.9. The van der Waals surface area contributed by atoms with Crippen LogP contribution in [0.25, 0.3) is 0 Å². The van der Waals surface area contributed by atoms with Gasteiger partial charge in [-0.25, -0.2) is 4.79 Å². The predicted molar refractivity (Wildman–Crippen MR) is 94.3 cm³/mol. The minimum absolute atomic E-state index is 0.0904. The Morgan fingerprint density at radius 3 is 2.46 bits per heavy atom. The molecule has 7 heteroatoms. The number of hydrogen-bond acceptors (Lipinski definition) is 5. The summed E-state index contributed by atoms with van der Waals surface area (Å²) in [5.41, 5.74) is 0.847. The summed E-state index contributed by atoms with van der Waals surface area (Å²) >= 11 is 0. The van der Waals surface area contributed by atoms with Crippen LogP contribution in [0.1, 0.15) is 30.0 Å². The van der Waals surface area contributed by atoms with Gasteiger partial charge in [-0.1, -0.05) is 30.3 Å². The van der Waals surface area contributed by atoms with Crippen LogP contribution in [0.15, 0.2) is 53.1 Å². The number of furan rings is 1. The van der Waals surface area contributed by atoms with Gasteiger partial charge in [0.1, 0.15) is 6.04 Å². The summed E-state index contributed by atoms with van der Waals surface area (Å²) < 4.78 is 10.3. The largest absolute Gasteiger partial charge is 0.459 e. The summed E-state index contributed by atoms with van der Waals surface area (Å²) in [7, 11) is 0. The van der Waals surface area contributed by atoms with E-state index >= 15 is 0 Å². The second kappa shape index (κ2) is 9.41. The molecule has 0 saturated heterocycles. The van der Waals surface area contributed by atoms with E-state index in [0.29, 0.717) is 6.54 Å². The molecule has 0 aliphatic carbocycles. The summed E-state index contributed by atoms with van der Waals surface area (Å²) in [4.78, 5) is 36.5. The van der Waals surface area contributed by atoms with Crippen LogP contribution < -0.4 is 10.6 Å². The second-order valence-corrected chi connectivity index (χ2v) is 5.67. The third kappa shape index (κ3) is 5.47. The molecule has 0 spiro atoms. The molecule has 0 saturated carbocycles. The van der Waals surface area contributed by atoms with Gasteiger partial charge < -0.3 is 19.8 Å². The summed E-state index contributed by atoms with van der Waals surface area (Å²) in [5.74, 6) is -1.52. The minimum atomic E-state index is -0.957. The molecule has 2 amide bonds. The fourth-order valence-corrected chi connectivity index (χ4v) is 2.31. The Hall–Kier alpha value is -3.09. The van der Waals surface area contributed by atoms with Gasteiger partial charge in [-0.05, 0) is 31.5 Å². The molecule has 2 atom stereocenters. The highest BCUT2D eigenvalue weighted by atomic mass is 16.5. The number of benzene rings is 1. The van der Waals surface area contributed by atoms with E-state index in [1.54, 1.807) is 13.0 Å². The van der Waals surface area contributed by atoms with E-state index in [0.717, 1.165) is 5.56 Å². The highest BCUT2D eigenvalue weighted by molar-refractivity contribution is 5.95. The van der Waals surface area contributed by atoms with Crippen molar-refractivity contribution in [2.24, 2.45) is 0 Å². The zero-order valence-electron chi connectivity index (χ0n) is 14.7. The molecule has 2 rings (SSSR count). The van der Waals surface area contributed by atoms with Crippen molar-refractivity contribution in [3.05, 3.63) is 60.1 Å². The Balaban J connectivity index is 2.09. The number of carbonyl (C=O) groups excluding carboxylic acids is 3. The van der Waals surface area contributed by atoms with Crippen LogP contribution in [0.3, 0.4) is 0 Å². The maximum Gasteiger partial charge on any atom is 0.329 e. The number of amides is 2. The molecule has 2 N–H and O–H groups in total. The monoisotopic (exact) mass is 358 g/mol. The van der Waals surface area contributed by atoms with Crippen LogP contribution in [-0.2, 0) is 20.7 Å². The van der Waals surface area contributed by atoms with Crippen molar-refractivity contribution in [2.45, 2.75) is 32.4 Å². The fourth-order valence-electron chi connectivity index (χ4n) is 2.31. The van der Waals surface area contributed by atoms with Gasteiger partial charge in [-0.3, -0.25) is 9.59 Å². The maximum absolute atomic E-state index is 12.5. The lowest BCUT2D eigenvalue weighted by Crippen LogP contribution is -2.46. The summed E-state index contributed by atoms with van der Waals surface area (Å²) in [6, 6.07) is 11.3. The van der Waals surface area contributed by atoms with Gasteiger partial charge in [0.2, 0.25) is 0 Å². The van der Waals surface area contributed by atoms with Crippen LogP contribution in [0.2, 0.25) is 0 Å². The van der Waals surface area contributed by atoms with Crippen molar-refractivity contribution in [2.75, 3.05) is 6.54 Å². The normalized spacial score (nSPS) is 12.7. The molecule has 0 aliphatic heterocycles. The first-order valence-electron chi connectivity index (χ1n) is 8.37. The molecule has 0 fully saturated rings. The van der Waals surface area contributed by atoms with E-state index in [1.165, 1.54) is 19.3 Å². The lowest BCUT2D eigenvalue weighted by atomic mass is 10.1. The SMILES string of the molecule is CCNC(=O)[C@@H](C)OC(=O)[C@H](Cc1ccccc1)NC(=O)c1ccco1. The maximum atomic E-state index is 12.5. The highest BCUT2D eigenvalue weighted by Gasteiger charge is 2.27. The first-order valence-corrected chi connectivity index (χ1v) is 8.37. The lowest BCUT2D eigenvalue weighted by Gasteiger charge is -2.20. The van der Waals surface area contributed by atoms with Crippen LogP contribution >= 0.6 is 0 Å². The van der Waals surface area contributed by atoms with Crippen molar-refractivity contribution >= 4 is 17.8 Å². The van der Waals surface area contributed by atoms with Gasteiger partial charge in [0, 0.05) is 13.0 Å². The molecule has 0 aliphatic rings. The molecule has 2 aromatic rings. The van der Waals surface area contributed by atoms with Gasteiger partial charge in [0.15, 0.2) is 11.9 Å². The van der Waals surface area contributed by atoms with Crippen molar-refractivity contribution < 1.29 is 23.5 Å². The van der Waals surface area contributed by atoms with Crippen LogP contribution in [0, 0.1) is 0 Å². The van der Waals surface area contributed by atoms with Crippen molar-refractivity contribution in [1.82, 2.24) is 10.6 Å². The Kier molecular flexibility index (Phi) is 6.96. The van der Waals surface area contributed by atoms with Crippen LogP contribution in [-0.4, -0.2) is 36.5 Å². The van der Waals surface area contributed by atoms with Gasteiger partial charge in [0.25, 0.3) is 11.8 Å². The van der Waals surface area contributed by atoms with Gasteiger partial charge in [-0.2, -0.15) is 0 Å². The topological polar surface area (TPSA) is 97.6 Å². The molecule has 7 nitrogen and oxygen atoms in total. The standard InChI is InChI=1S/C19H22N2O5/c1-3-20-17(22)13(2)26-19(24)15(12-14-8-5-4-6-9-14)21-18(23)16-10-7-11-25-16/h4-11,13,15H,3,12H2,1-2H3,(H,20,22)(H,21,23)/t13-,15+/m1/s1. The first-order chi connectivity index (χ1) is 12.5. The molecule has 0 radical (unpaired) electrons. The number of carbonyl (C=O) groups is 3. The van der Waals surface area contributed by atoms with Crippen molar-refractivity contribution in [3.63, 3.8) is 0 Å². The Bertz CT molecular complexity index is 728. The van der Waals surface area contributed by atoms with E-state index in [1.807, 2.05) is 30.3 Å². The molecular formula is C19H22N2O5. The number of hydrogen-bond donors (Lipinski definition) is 2. The van der Waals surface area contributed by atoms with Crippen LogP contribution in [0.5, 0.6) is 0 Å². The van der Waals surface area contributed by atoms with Crippen LogP contribution in [0.4, 0.5) is 0 Å². The highest BCUT2D eigenvalue weighted by Crippen LogP contribution is 2.08.